The monoisotopic (exact) mass is 354 g/mol. The molecule has 1 rings (SSSR count). The lowest BCUT2D eigenvalue weighted by Crippen LogP contribution is -2.45. The number of carbonyl (C=O) groups is 2. The zero-order valence-electron chi connectivity index (χ0n) is 15.9. The van der Waals surface area contributed by atoms with Crippen molar-refractivity contribution in [3.8, 4) is 0 Å². The second-order valence-electron chi connectivity index (χ2n) is 7.61. The fourth-order valence-electron chi connectivity index (χ4n) is 2.02. The van der Waals surface area contributed by atoms with Crippen LogP contribution in [0.25, 0.3) is 0 Å². The number of aromatic nitrogens is 2. The molecule has 3 N–H and O–H groups in total. The van der Waals surface area contributed by atoms with Crippen molar-refractivity contribution in [1.29, 1.82) is 0 Å². The highest BCUT2D eigenvalue weighted by Crippen LogP contribution is 2.17. The molecule has 0 saturated carbocycles. The van der Waals surface area contributed by atoms with Crippen LogP contribution in [0.3, 0.4) is 0 Å². The van der Waals surface area contributed by atoms with E-state index in [0.717, 1.165) is 6.42 Å². The standard InChI is InChI=1S/C17H30N4O4/c1-7-8-12(19-15(24)25-16(2,3)4)14(23)20-13-9-21(11-18-13)17(5,6)10-22/h9,11-12,22H,7-8,10H2,1-6H3,(H,19,24)(H,20,23)/t12-/m1/s1. The van der Waals surface area contributed by atoms with Crippen LogP contribution in [0.15, 0.2) is 12.5 Å². The molecule has 8 nitrogen and oxygen atoms in total. The van der Waals surface area contributed by atoms with E-state index in [1.165, 1.54) is 0 Å². The summed E-state index contributed by atoms with van der Waals surface area (Å²) in [4.78, 5) is 28.5. The van der Waals surface area contributed by atoms with Crippen molar-refractivity contribution < 1.29 is 19.4 Å². The maximum atomic E-state index is 12.5. The van der Waals surface area contributed by atoms with Crippen molar-refractivity contribution in [1.82, 2.24) is 14.9 Å². The number of nitrogens with zero attached hydrogens (tertiary/aromatic N) is 2. The van der Waals surface area contributed by atoms with Crippen LogP contribution in [-0.4, -0.2) is 44.9 Å². The van der Waals surface area contributed by atoms with Gasteiger partial charge in [-0.2, -0.15) is 0 Å². The summed E-state index contributed by atoms with van der Waals surface area (Å²) in [5.74, 6) is -0.00150. The normalized spacial score (nSPS) is 13.2. The first-order chi connectivity index (χ1) is 11.5. The average molecular weight is 354 g/mol. The number of alkyl carbamates (subject to hydrolysis) is 1. The van der Waals surface area contributed by atoms with Gasteiger partial charge < -0.3 is 25.0 Å². The Morgan fingerprint density at radius 3 is 2.48 bits per heavy atom. The van der Waals surface area contributed by atoms with Gasteiger partial charge in [0.1, 0.15) is 11.6 Å². The lowest BCUT2D eigenvalue weighted by atomic mass is 10.1. The van der Waals surface area contributed by atoms with E-state index in [4.69, 9.17) is 4.74 Å². The summed E-state index contributed by atoms with van der Waals surface area (Å²) in [6, 6.07) is -0.712. The van der Waals surface area contributed by atoms with E-state index in [1.807, 2.05) is 20.8 Å². The Bertz CT molecular complexity index is 590. The Labute approximate surface area is 149 Å². The number of aliphatic hydroxyl groups excluding tert-OH is 1. The molecule has 1 heterocycles. The molecule has 25 heavy (non-hydrogen) atoms. The van der Waals surface area contributed by atoms with Gasteiger partial charge in [-0.15, -0.1) is 0 Å². The predicted octanol–water partition coefficient (Wildman–Crippen LogP) is 2.24. The topological polar surface area (TPSA) is 105 Å². The van der Waals surface area contributed by atoms with Gasteiger partial charge in [0, 0.05) is 6.20 Å². The maximum absolute atomic E-state index is 12.5. The van der Waals surface area contributed by atoms with Gasteiger partial charge in [0.25, 0.3) is 0 Å². The molecule has 0 radical (unpaired) electrons. The van der Waals surface area contributed by atoms with E-state index in [9.17, 15) is 14.7 Å². The van der Waals surface area contributed by atoms with E-state index in [-0.39, 0.29) is 12.5 Å². The Morgan fingerprint density at radius 1 is 1.32 bits per heavy atom. The van der Waals surface area contributed by atoms with Crippen molar-refractivity contribution in [3.05, 3.63) is 12.5 Å². The molecule has 8 heteroatoms. The highest BCUT2D eigenvalue weighted by atomic mass is 16.6. The summed E-state index contributed by atoms with van der Waals surface area (Å²) in [5.41, 5.74) is -1.15. The molecule has 0 aliphatic carbocycles. The first-order valence-corrected chi connectivity index (χ1v) is 8.44. The smallest absolute Gasteiger partial charge is 0.408 e. The van der Waals surface area contributed by atoms with Crippen molar-refractivity contribution in [2.24, 2.45) is 0 Å². The number of carbonyl (C=O) groups excluding carboxylic acids is 2. The Hall–Kier alpha value is -2.09. The fraction of sp³-hybridized carbons (Fsp3) is 0.706. The summed E-state index contributed by atoms with van der Waals surface area (Å²) in [6.45, 7) is 10.9. The summed E-state index contributed by atoms with van der Waals surface area (Å²) in [7, 11) is 0. The van der Waals surface area contributed by atoms with Crippen LogP contribution in [0.4, 0.5) is 10.6 Å². The third kappa shape index (κ3) is 6.74. The van der Waals surface area contributed by atoms with Crippen LogP contribution < -0.4 is 10.6 Å². The van der Waals surface area contributed by atoms with Crippen molar-refractivity contribution in [2.45, 2.75) is 71.6 Å². The quantitative estimate of drug-likeness (QED) is 0.696. The van der Waals surface area contributed by atoms with Crippen molar-refractivity contribution in [2.75, 3.05) is 11.9 Å². The highest BCUT2D eigenvalue weighted by Gasteiger charge is 2.25. The summed E-state index contributed by atoms with van der Waals surface area (Å²) >= 11 is 0. The molecule has 0 unspecified atom stereocenters. The molecule has 0 bridgehead atoms. The summed E-state index contributed by atoms with van der Waals surface area (Å²) in [5, 5.41) is 14.7. The van der Waals surface area contributed by atoms with E-state index < -0.39 is 23.3 Å². The molecule has 0 spiro atoms. The maximum Gasteiger partial charge on any atom is 0.408 e. The number of ether oxygens (including phenoxy) is 1. The minimum atomic E-state index is -0.712. The molecule has 1 aromatic heterocycles. The van der Waals surface area contributed by atoms with Crippen molar-refractivity contribution in [3.63, 3.8) is 0 Å². The second-order valence-corrected chi connectivity index (χ2v) is 7.61. The second kappa shape index (κ2) is 8.33. The Kier molecular flexibility index (Phi) is 6.98. The van der Waals surface area contributed by atoms with Crippen LogP contribution in [0.1, 0.15) is 54.4 Å². The van der Waals surface area contributed by atoms with E-state index in [1.54, 1.807) is 37.9 Å². The number of hydrogen-bond donors (Lipinski definition) is 3. The molecule has 142 valence electrons. The summed E-state index contributed by atoms with van der Waals surface area (Å²) < 4.78 is 6.92. The minimum Gasteiger partial charge on any atom is -0.444 e. The number of hydrogen-bond acceptors (Lipinski definition) is 5. The Morgan fingerprint density at radius 2 is 1.96 bits per heavy atom. The van der Waals surface area contributed by atoms with Gasteiger partial charge in [0.2, 0.25) is 5.91 Å². The zero-order chi connectivity index (χ0) is 19.3. The van der Waals surface area contributed by atoms with Crippen LogP contribution in [0, 0.1) is 0 Å². The van der Waals surface area contributed by atoms with Gasteiger partial charge in [-0.25, -0.2) is 9.78 Å². The van der Waals surface area contributed by atoms with Crippen LogP contribution in [-0.2, 0) is 15.1 Å². The molecule has 0 aromatic carbocycles. The highest BCUT2D eigenvalue weighted by molar-refractivity contribution is 5.95. The third-order valence-electron chi connectivity index (χ3n) is 3.50. The molecule has 2 amide bonds. The molecule has 0 fully saturated rings. The molecule has 1 aromatic rings. The minimum absolute atomic E-state index is 0.0601. The van der Waals surface area contributed by atoms with Gasteiger partial charge in [-0.1, -0.05) is 13.3 Å². The SMILES string of the molecule is CCC[C@@H](NC(=O)OC(C)(C)C)C(=O)Nc1cn(C(C)(C)CO)cn1. The van der Waals surface area contributed by atoms with Gasteiger partial charge in [-0.3, -0.25) is 4.79 Å². The van der Waals surface area contributed by atoms with Gasteiger partial charge >= 0.3 is 6.09 Å². The number of amides is 2. The predicted molar refractivity (Wildman–Crippen MR) is 95.3 cm³/mol. The number of nitrogens with one attached hydrogen (secondary N) is 2. The van der Waals surface area contributed by atoms with Crippen LogP contribution >= 0.6 is 0 Å². The lowest BCUT2D eigenvalue weighted by Gasteiger charge is -2.23. The Balaban J connectivity index is 2.75. The molecular weight excluding hydrogens is 324 g/mol. The van der Waals surface area contributed by atoms with Gasteiger partial charge in [-0.05, 0) is 41.0 Å². The number of aliphatic hydroxyl groups is 1. The molecule has 1 atom stereocenters. The zero-order valence-corrected chi connectivity index (χ0v) is 15.9. The van der Waals surface area contributed by atoms with E-state index in [2.05, 4.69) is 15.6 Å². The molecule has 0 aliphatic rings. The largest absolute Gasteiger partial charge is 0.444 e. The van der Waals surface area contributed by atoms with Crippen LogP contribution in [0.5, 0.6) is 0 Å². The third-order valence-corrected chi connectivity index (χ3v) is 3.50. The number of rotatable bonds is 7. The molecule has 0 aliphatic heterocycles. The van der Waals surface area contributed by atoms with Gasteiger partial charge in [0.15, 0.2) is 5.82 Å². The molecular formula is C17H30N4O4. The van der Waals surface area contributed by atoms with E-state index >= 15 is 0 Å². The summed E-state index contributed by atoms with van der Waals surface area (Å²) in [6.07, 6.45) is 3.76. The number of imidazole rings is 1. The van der Waals surface area contributed by atoms with E-state index in [0.29, 0.717) is 12.2 Å². The molecule has 0 saturated heterocycles. The lowest BCUT2D eigenvalue weighted by molar-refractivity contribution is -0.118. The first kappa shape index (κ1) is 21.0. The fourth-order valence-corrected chi connectivity index (χ4v) is 2.02. The first-order valence-electron chi connectivity index (χ1n) is 8.44. The van der Waals surface area contributed by atoms with Crippen molar-refractivity contribution >= 4 is 17.8 Å². The van der Waals surface area contributed by atoms with Crippen LogP contribution in [0.2, 0.25) is 0 Å². The number of anilines is 1. The average Bonchev–Trinajstić information content (AvgIpc) is 2.94. The van der Waals surface area contributed by atoms with Gasteiger partial charge in [0.05, 0.1) is 18.5 Å².